The van der Waals surface area contributed by atoms with Crippen LogP contribution in [-0.4, -0.2) is 49.0 Å². The zero-order chi connectivity index (χ0) is 19.6. The number of ether oxygens (including phenoxy) is 1. The average Bonchev–Trinajstić information content (AvgIpc) is 2.68. The van der Waals surface area contributed by atoms with E-state index >= 15 is 0 Å². The molecule has 2 rings (SSSR count). The molecule has 0 radical (unpaired) electrons. The molecule has 150 valence electrons. The Kier molecular flexibility index (Phi) is 8.58. The Morgan fingerprint density at radius 1 is 1.26 bits per heavy atom. The number of nitrogens with zero attached hydrogens (tertiary/aromatic N) is 1. The van der Waals surface area contributed by atoms with Crippen LogP contribution in [0, 0.1) is 5.92 Å². The van der Waals surface area contributed by atoms with Gasteiger partial charge in [-0.05, 0) is 69.8 Å². The number of amides is 2. The van der Waals surface area contributed by atoms with Crippen LogP contribution in [0.2, 0.25) is 0 Å². The Labute approximate surface area is 162 Å². The molecule has 2 N–H and O–H groups in total. The molecule has 6 nitrogen and oxygen atoms in total. The van der Waals surface area contributed by atoms with E-state index in [0.29, 0.717) is 25.5 Å². The van der Waals surface area contributed by atoms with E-state index in [0.717, 1.165) is 43.8 Å². The molecular weight excluding hydrogens is 342 g/mol. The van der Waals surface area contributed by atoms with Crippen LogP contribution in [0.15, 0.2) is 24.3 Å². The molecule has 6 heteroatoms. The minimum absolute atomic E-state index is 0.00479. The Hall–Kier alpha value is -2.08. The van der Waals surface area contributed by atoms with Crippen molar-refractivity contribution in [3.63, 3.8) is 0 Å². The first-order valence-corrected chi connectivity index (χ1v) is 10.1. The molecule has 1 heterocycles. The van der Waals surface area contributed by atoms with E-state index in [1.165, 1.54) is 0 Å². The van der Waals surface area contributed by atoms with E-state index in [4.69, 9.17) is 4.74 Å². The van der Waals surface area contributed by atoms with Gasteiger partial charge in [0.1, 0.15) is 5.75 Å². The van der Waals surface area contributed by atoms with E-state index in [9.17, 15) is 9.59 Å². The summed E-state index contributed by atoms with van der Waals surface area (Å²) in [6.45, 7) is 8.97. The largest absolute Gasteiger partial charge is 0.494 e. The van der Waals surface area contributed by atoms with Crippen molar-refractivity contribution < 1.29 is 14.3 Å². The lowest BCUT2D eigenvalue weighted by molar-refractivity contribution is -0.123. The highest BCUT2D eigenvalue weighted by atomic mass is 16.5. The summed E-state index contributed by atoms with van der Waals surface area (Å²) >= 11 is 0. The van der Waals surface area contributed by atoms with Gasteiger partial charge in [0, 0.05) is 25.2 Å². The minimum Gasteiger partial charge on any atom is -0.494 e. The fourth-order valence-electron chi connectivity index (χ4n) is 3.40. The first-order valence-electron chi connectivity index (χ1n) is 10.1. The number of benzene rings is 1. The van der Waals surface area contributed by atoms with Crippen LogP contribution in [0.3, 0.4) is 0 Å². The van der Waals surface area contributed by atoms with Crippen molar-refractivity contribution in [2.24, 2.45) is 5.92 Å². The molecule has 1 aliphatic heterocycles. The average molecular weight is 376 g/mol. The molecular formula is C21H33N3O3. The molecule has 0 spiro atoms. The van der Waals surface area contributed by atoms with Crippen molar-refractivity contribution in [1.29, 1.82) is 0 Å². The maximum absolute atomic E-state index is 12.6. The quantitative estimate of drug-likeness (QED) is 0.696. The second kappa shape index (κ2) is 10.9. The van der Waals surface area contributed by atoms with Crippen molar-refractivity contribution >= 4 is 17.5 Å². The predicted octanol–water partition coefficient (Wildman–Crippen LogP) is 3.04. The Balaban J connectivity index is 1.83. The first kappa shape index (κ1) is 21.2. The highest BCUT2D eigenvalue weighted by molar-refractivity contribution is 5.94. The van der Waals surface area contributed by atoms with E-state index in [2.05, 4.69) is 15.5 Å². The van der Waals surface area contributed by atoms with E-state index in [-0.39, 0.29) is 17.9 Å². The zero-order valence-corrected chi connectivity index (χ0v) is 16.8. The topological polar surface area (TPSA) is 70.7 Å². The normalized spacial score (nSPS) is 18.6. The number of rotatable bonds is 9. The zero-order valence-electron chi connectivity index (χ0n) is 16.8. The molecule has 2 atom stereocenters. The second-order valence-corrected chi connectivity index (χ2v) is 7.18. The molecule has 1 fully saturated rings. The van der Waals surface area contributed by atoms with Crippen LogP contribution < -0.4 is 15.4 Å². The fourth-order valence-corrected chi connectivity index (χ4v) is 3.40. The van der Waals surface area contributed by atoms with Crippen LogP contribution >= 0.6 is 0 Å². The van der Waals surface area contributed by atoms with Gasteiger partial charge in [0.05, 0.1) is 12.6 Å². The predicted molar refractivity (Wildman–Crippen MR) is 108 cm³/mol. The van der Waals surface area contributed by atoms with Gasteiger partial charge in [-0.15, -0.1) is 0 Å². The number of likely N-dealkylation sites (tertiary alicyclic amines) is 1. The van der Waals surface area contributed by atoms with Gasteiger partial charge in [0.15, 0.2) is 0 Å². The lowest BCUT2D eigenvalue weighted by Crippen LogP contribution is -2.48. The van der Waals surface area contributed by atoms with E-state index in [1.807, 2.05) is 45.0 Å². The fraction of sp³-hybridized carbons (Fsp3) is 0.619. The standard InChI is InChI=1S/C21H33N3O3/c1-4-7-20(25)22-14-17-8-6-13-24(15-17)16(3)21(26)23-18-9-11-19(12-10-18)27-5-2/h9-12,16-17H,4-8,13-15H2,1-3H3,(H,22,25)(H,23,26). The molecule has 1 aromatic carbocycles. The van der Waals surface area contributed by atoms with Gasteiger partial charge in [-0.3, -0.25) is 14.5 Å². The molecule has 1 aromatic rings. The Morgan fingerprint density at radius 2 is 2.00 bits per heavy atom. The third-order valence-corrected chi connectivity index (χ3v) is 4.98. The summed E-state index contributed by atoms with van der Waals surface area (Å²) in [7, 11) is 0. The van der Waals surface area contributed by atoms with Gasteiger partial charge in [0.2, 0.25) is 11.8 Å². The first-order chi connectivity index (χ1) is 13.0. The smallest absolute Gasteiger partial charge is 0.241 e. The molecule has 2 unspecified atom stereocenters. The molecule has 0 aromatic heterocycles. The van der Waals surface area contributed by atoms with Crippen LogP contribution in [0.25, 0.3) is 0 Å². The van der Waals surface area contributed by atoms with Gasteiger partial charge in [-0.25, -0.2) is 0 Å². The van der Waals surface area contributed by atoms with E-state index in [1.54, 1.807) is 0 Å². The monoisotopic (exact) mass is 375 g/mol. The van der Waals surface area contributed by atoms with Crippen molar-refractivity contribution in [3.05, 3.63) is 24.3 Å². The highest BCUT2D eigenvalue weighted by Crippen LogP contribution is 2.20. The number of hydrogen-bond acceptors (Lipinski definition) is 4. The van der Waals surface area contributed by atoms with Gasteiger partial charge in [0.25, 0.3) is 0 Å². The Bertz CT molecular complexity index is 603. The number of carbonyl (C=O) groups is 2. The third-order valence-electron chi connectivity index (χ3n) is 4.98. The molecule has 0 bridgehead atoms. The molecule has 2 amide bonds. The lowest BCUT2D eigenvalue weighted by atomic mass is 9.96. The number of hydrogen-bond donors (Lipinski definition) is 2. The number of anilines is 1. The molecule has 0 aliphatic carbocycles. The van der Waals surface area contributed by atoms with Crippen LogP contribution in [0.5, 0.6) is 5.75 Å². The third kappa shape index (κ3) is 6.86. The second-order valence-electron chi connectivity index (χ2n) is 7.18. The van der Waals surface area contributed by atoms with Crippen molar-refractivity contribution in [2.45, 2.75) is 52.5 Å². The van der Waals surface area contributed by atoms with Crippen molar-refractivity contribution in [3.8, 4) is 5.75 Å². The maximum atomic E-state index is 12.6. The summed E-state index contributed by atoms with van der Waals surface area (Å²) in [6, 6.07) is 7.24. The molecule has 0 saturated carbocycles. The SMILES string of the molecule is CCCC(=O)NCC1CCCN(C(C)C(=O)Nc2ccc(OCC)cc2)C1. The van der Waals surface area contributed by atoms with Crippen molar-refractivity contribution in [2.75, 3.05) is 31.6 Å². The number of piperidine rings is 1. The van der Waals surface area contributed by atoms with Gasteiger partial charge < -0.3 is 15.4 Å². The summed E-state index contributed by atoms with van der Waals surface area (Å²) in [5.74, 6) is 1.32. The molecule has 27 heavy (non-hydrogen) atoms. The minimum atomic E-state index is -0.203. The van der Waals surface area contributed by atoms with E-state index < -0.39 is 0 Å². The summed E-state index contributed by atoms with van der Waals surface area (Å²) in [5, 5.41) is 6.00. The van der Waals surface area contributed by atoms with Crippen LogP contribution in [0.4, 0.5) is 5.69 Å². The summed E-state index contributed by atoms with van der Waals surface area (Å²) in [5.41, 5.74) is 0.774. The lowest BCUT2D eigenvalue weighted by Gasteiger charge is -2.36. The Morgan fingerprint density at radius 3 is 2.67 bits per heavy atom. The maximum Gasteiger partial charge on any atom is 0.241 e. The molecule has 1 saturated heterocycles. The van der Waals surface area contributed by atoms with Crippen LogP contribution in [-0.2, 0) is 9.59 Å². The number of nitrogens with one attached hydrogen (secondary N) is 2. The van der Waals surface area contributed by atoms with Crippen LogP contribution in [0.1, 0.15) is 46.5 Å². The van der Waals surface area contributed by atoms with Gasteiger partial charge in [-0.1, -0.05) is 6.92 Å². The summed E-state index contributed by atoms with van der Waals surface area (Å²) in [6.07, 6.45) is 3.59. The summed E-state index contributed by atoms with van der Waals surface area (Å²) in [4.78, 5) is 26.5. The van der Waals surface area contributed by atoms with Crippen molar-refractivity contribution in [1.82, 2.24) is 10.2 Å². The van der Waals surface area contributed by atoms with Gasteiger partial charge in [-0.2, -0.15) is 0 Å². The van der Waals surface area contributed by atoms with Gasteiger partial charge >= 0.3 is 0 Å². The number of carbonyl (C=O) groups excluding carboxylic acids is 2. The highest BCUT2D eigenvalue weighted by Gasteiger charge is 2.27. The summed E-state index contributed by atoms with van der Waals surface area (Å²) < 4.78 is 5.42. The molecule has 1 aliphatic rings.